The number of ether oxygens (including phenoxy) is 1. The molecule has 1 amide bonds. The number of hydrogen-bond donors (Lipinski definition) is 2. The minimum absolute atomic E-state index is 0. The standard InChI is InChI=1S/C15H22N2O2.ClH/c1-12(17-15(18)14-7-8-16-9-14)10-19-11-13-5-3-2-4-6-13;/h2-6,12,14,16H,7-11H2,1H3,(H,17,18);1H. The maximum Gasteiger partial charge on any atom is 0.224 e. The molecule has 1 aliphatic rings. The zero-order valence-electron chi connectivity index (χ0n) is 11.8. The van der Waals surface area contributed by atoms with E-state index in [4.69, 9.17) is 4.74 Å². The molecule has 2 N–H and O–H groups in total. The van der Waals surface area contributed by atoms with Crippen molar-refractivity contribution in [2.45, 2.75) is 26.0 Å². The van der Waals surface area contributed by atoms with Crippen molar-refractivity contribution in [3.8, 4) is 0 Å². The molecule has 0 spiro atoms. The minimum Gasteiger partial charge on any atom is -0.375 e. The third kappa shape index (κ3) is 5.49. The summed E-state index contributed by atoms with van der Waals surface area (Å²) in [5, 5.41) is 6.20. The first-order valence-corrected chi connectivity index (χ1v) is 6.88. The Morgan fingerprint density at radius 2 is 2.20 bits per heavy atom. The summed E-state index contributed by atoms with van der Waals surface area (Å²) in [6.07, 6.45) is 0.934. The van der Waals surface area contributed by atoms with Gasteiger partial charge in [0.15, 0.2) is 0 Å². The zero-order valence-corrected chi connectivity index (χ0v) is 12.6. The van der Waals surface area contributed by atoms with Crippen molar-refractivity contribution in [2.24, 2.45) is 5.92 Å². The predicted molar refractivity (Wildman–Crippen MR) is 81.9 cm³/mol. The Balaban J connectivity index is 0.00000200. The fraction of sp³-hybridized carbons (Fsp3) is 0.533. The van der Waals surface area contributed by atoms with Gasteiger partial charge in [0.2, 0.25) is 5.91 Å². The number of hydrogen-bond acceptors (Lipinski definition) is 3. The molecular weight excluding hydrogens is 276 g/mol. The lowest BCUT2D eigenvalue weighted by Crippen LogP contribution is -2.40. The van der Waals surface area contributed by atoms with Crippen LogP contribution >= 0.6 is 12.4 Å². The van der Waals surface area contributed by atoms with Crippen molar-refractivity contribution in [1.29, 1.82) is 0 Å². The Hall–Kier alpha value is -1.10. The molecule has 1 aliphatic heterocycles. The number of carbonyl (C=O) groups is 1. The van der Waals surface area contributed by atoms with Gasteiger partial charge >= 0.3 is 0 Å². The van der Waals surface area contributed by atoms with E-state index in [0.29, 0.717) is 13.2 Å². The number of amides is 1. The SMILES string of the molecule is CC(COCc1ccccc1)NC(=O)C1CCNC1.Cl. The van der Waals surface area contributed by atoms with Gasteiger partial charge in [-0.1, -0.05) is 30.3 Å². The van der Waals surface area contributed by atoms with E-state index in [-0.39, 0.29) is 30.3 Å². The van der Waals surface area contributed by atoms with E-state index < -0.39 is 0 Å². The van der Waals surface area contributed by atoms with Crippen molar-refractivity contribution >= 4 is 18.3 Å². The second-order valence-corrected chi connectivity index (χ2v) is 5.10. The van der Waals surface area contributed by atoms with Crippen LogP contribution in [0.15, 0.2) is 30.3 Å². The van der Waals surface area contributed by atoms with Crippen LogP contribution in [0.2, 0.25) is 0 Å². The highest BCUT2D eigenvalue weighted by atomic mass is 35.5. The van der Waals surface area contributed by atoms with Gasteiger partial charge in [-0.25, -0.2) is 0 Å². The highest BCUT2D eigenvalue weighted by molar-refractivity contribution is 5.85. The summed E-state index contributed by atoms with van der Waals surface area (Å²) in [7, 11) is 0. The van der Waals surface area contributed by atoms with Crippen LogP contribution in [-0.4, -0.2) is 31.6 Å². The van der Waals surface area contributed by atoms with Gasteiger partial charge < -0.3 is 15.4 Å². The Morgan fingerprint density at radius 3 is 2.85 bits per heavy atom. The first kappa shape index (κ1) is 17.0. The second-order valence-electron chi connectivity index (χ2n) is 5.10. The Morgan fingerprint density at radius 1 is 1.45 bits per heavy atom. The third-order valence-corrected chi connectivity index (χ3v) is 3.30. The van der Waals surface area contributed by atoms with Crippen LogP contribution in [0.4, 0.5) is 0 Å². The molecule has 2 atom stereocenters. The van der Waals surface area contributed by atoms with Gasteiger partial charge in [-0.2, -0.15) is 0 Å². The molecule has 0 radical (unpaired) electrons. The molecular formula is C15H23ClN2O2. The van der Waals surface area contributed by atoms with Crippen LogP contribution in [0.5, 0.6) is 0 Å². The maximum absolute atomic E-state index is 11.9. The molecule has 0 bridgehead atoms. The van der Waals surface area contributed by atoms with Crippen molar-refractivity contribution in [1.82, 2.24) is 10.6 Å². The summed E-state index contributed by atoms with van der Waals surface area (Å²) in [6, 6.07) is 10.1. The highest BCUT2D eigenvalue weighted by Gasteiger charge is 2.23. The molecule has 4 nitrogen and oxygen atoms in total. The summed E-state index contributed by atoms with van der Waals surface area (Å²) in [4.78, 5) is 11.9. The monoisotopic (exact) mass is 298 g/mol. The van der Waals surface area contributed by atoms with Crippen LogP contribution < -0.4 is 10.6 Å². The molecule has 1 fully saturated rings. The van der Waals surface area contributed by atoms with E-state index in [1.165, 1.54) is 0 Å². The summed E-state index contributed by atoms with van der Waals surface area (Å²) < 4.78 is 5.61. The molecule has 2 rings (SSSR count). The second kappa shape index (κ2) is 8.95. The third-order valence-electron chi connectivity index (χ3n) is 3.30. The van der Waals surface area contributed by atoms with Crippen LogP contribution in [-0.2, 0) is 16.1 Å². The highest BCUT2D eigenvalue weighted by Crippen LogP contribution is 2.07. The molecule has 20 heavy (non-hydrogen) atoms. The average Bonchev–Trinajstić information content (AvgIpc) is 2.94. The number of benzene rings is 1. The number of nitrogens with one attached hydrogen (secondary N) is 2. The first-order valence-electron chi connectivity index (χ1n) is 6.88. The van der Waals surface area contributed by atoms with Crippen molar-refractivity contribution in [3.05, 3.63) is 35.9 Å². The van der Waals surface area contributed by atoms with E-state index in [9.17, 15) is 4.79 Å². The minimum atomic E-state index is 0. The molecule has 0 aliphatic carbocycles. The van der Waals surface area contributed by atoms with E-state index in [1.54, 1.807) is 0 Å². The summed E-state index contributed by atoms with van der Waals surface area (Å²) >= 11 is 0. The zero-order chi connectivity index (χ0) is 13.5. The van der Waals surface area contributed by atoms with Crippen LogP contribution in [0.25, 0.3) is 0 Å². The smallest absolute Gasteiger partial charge is 0.224 e. The van der Waals surface area contributed by atoms with E-state index in [1.807, 2.05) is 37.3 Å². The molecule has 0 saturated carbocycles. The molecule has 112 valence electrons. The normalized spacial score (nSPS) is 19.1. The maximum atomic E-state index is 11.9. The van der Waals surface area contributed by atoms with Gasteiger partial charge in [0.05, 0.1) is 19.1 Å². The fourth-order valence-corrected chi connectivity index (χ4v) is 2.21. The van der Waals surface area contributed by atoms with Gasteiger partial charge in [-0.05, 0) is 25.5 Å². The van der Waals surface area contributed by atoms with Gasteiger partial charge in [0.25, 0.3) is 0 Å². The summed E-state index contributed by atoms with van der Waals surface area (Å²) in [5.41, 5.74) is 1.15. The summed E-state index contributed by atoms with van der Waals surface area (Å²) in [6.45, 7) is 4.85. The van der Waals surface area contributed by atoms with Crippen molar-refractivity contribution in [2.75, 3.05) is 19.7 Å². The lowest BCUT2D eigenvalue weighted by molar-refractivity contribution is -0.125. The number of rotatable bonds is 6. The first-order chi connectivity index (χ1) is 9.25. The largest absolute Gasteiger partial charge is 0.375 e. The molecule has 1 saturated heterocycles. The lowest BCUT2D eigenvalue weighted by Gasteiger charge is -2.16. The van der Waals surface area contributed by atoms with Gasteiger partial charge in [0, 0.05) is 12.6 Å². The number of carbonyl (C=O) groups excluding carboxylic acids is 1. The van der Waals surface area contributed by atoms with Gasteiger partial charge in [-0.15, -0.1) is 12.4 Å². The van der Waals surface area contributed by atoms with Crippen molar-refractivity contribution < 1.29 is 9.53 Å². The van der Waals surface area contributed by atoms with E-state index >= 15 is 0 Å². The average molecular weight is 299 g/mol. The van der Waals surface area contributed by atoms with Gasteiger partial charge in [0.1, 0.15) is 0 Å². The fourth-order valence-electron chi connectivity index (χ4n) is 2.21. The molecule has 0 aromatic heterocycles. The molecule has 1 heterocycles. The Labute approximate surface area is 126 Å². The predicted octanol–water partition coefficient (Wildman–Crippen LogP) is 1.74. The molecule has 5 heteroatoms. The quantitative estimate of drug-likeness (QED) is 0.841. The lowest BCUT2D eigenvalue weighted by atomic mass is 10.1. The summed E-state index contributed by atoms with van der Waals surface area (Å²) in [5.74, 6) is 0.261. The van der Waals surface area contributed by atoms with Crippen LogP contribution in [0, 0.1) is 5.92 Å². The van der Waals surface area contributed by atoms with E-state index in [0.717, 1.165) is 25.1 Å². The van der Waals surface area contributed by atoms with E-state index in [2.05, 4.69) is 10.6 Å². The van der Waals surface area contributed by atoms with Crippen molar-refractivity contribution in [3.63, 3.8) is 0 Å². The molecule has 1 aromatic rings. The van der Waals surface area contributed by atoms with Gasteiger partial charge in [-0.3, -0.25) is 4.79 Å². The number of halogens is 1. The topological polar surface area (TPSA) is 50.4 Å². The molecule has 2 unspecified atom stereocenters. The Kier molecular flexibility index (Phi) is 7.59. The van der Waals surface area contributed by atoms with Crippen LogP contribution in [0.3, 0.4) is 0 Å². The molecule has 1 aromatic carbocycles. The Bertz CT molecular complexity index is 394. The van der Waals surface area contributed by atoms with Crippen LogP contribution in [0.1, 0.15) is 18.9 Å².